The van der Waals surface area contributed by atoms with Crippen LogP contribution in [0, 0.1) is 12.3 Å². The molecule has 3 rings (SSSR count). The van der Waals surface area contributed by atoms with Crippen molar-refractivity contribution in [1.82, 2.24) is 9.97 Å². The minimum Gasteiger partial charge on any atom is -0.340 e. The molecule has 5 nitrogen and oxygen atoms in total. The fourth-order valence-electron chi connectivity index (χ4n) is 2.46. The van der Waals surface area contributed by atoms with E-state index in [2.05, 4.69) is 33.1 Å². The number of carbonyl (C=O) groups excluding carboxylic acids is 1. The van der Waals surface area contributed by atoms with Crippen molar-refractivity contribution in [2.24, 2.45) is 0 Å². The Morgan fingerprint density at radius 1 is 1.24 bits per heavy atom. The summed E-state index contributed by atoms with van der Waals surface area (Å²) in [6, 6.07) is 13.4. The number of amides is 1. The molecule has 0 atom stereocenters. The molecule has 25 heavy (non-hydrogen) atoms. The van der Waals surface area contributed by atoms with Crippen LogP contribution < -0.4 is 10.6 Å². The van der Waals surface area contributed by atoms with E-state index in [1.54, 1.807) is 0 Å². The maximum atomic E-state index is 11.7. The Labute approximate surface area is 145 Å². The third-order valence-electron chi connectivity index (χ3n) is 3.63. The summed E-state index contributed by atoms with van der Waals surface area (Å²) in [5.41, 5.74) is 3.10. The van der Waals surface area contributed by atoms with E-state index >= 15 is 0 Å². The highest BCUT2D eigenvalue weighted by Gasteiger charge is 2.11. The second-order valence-corrected chi connectivity index (χ2v) is 5.31. The van der Waals surface area contributed by atoms with Crippen molar-refractivity contribution in [2.45, 2.75) is 6.42 Å². The van der Waals surface area contributed by atoms with Gasteiger partial charge in [0.25, 0.3) is 0 Å². The Morgan fingerprint density at radius 3 is 2.76 bits per heavy atom. The van der Waals surface area contributed by atoms with Gasteiger partial charge in [0, 0.05) is 23.2 Å². The number of nitrogens with one attached hydrogen (secondary N) is 2. The number of para-hydroxylation sites is 1. The zero-order chi connectivity index (χ0) is 17.6. The molecule has 0 aliphatic carbocycles. The fourth-order valence-corrected chi connectivity index (χ4v) is 2.46. The van der Waals surface area contributed by atoms with Gasteiger partial charge in [-0.3, -0.25) is 4.79 Å². The van der Waals surface area contributed by atoms with Crippen LogP contribution in [0.2, 0.25) is 0 Å². The Bertz CT molecular complexity index is 974. The number of hydrogen-bond acceptors (Lipinski definition) is 4. The number of fused-ring (bicyclic) bond motifs is 1. The molecule has 0 radical (unpaired) electrons. The van der Waals surface area contributed by atoms with Gasteiger partial charge in [-0.05, 0) is 35.9 Å². The minimum absolute atomic E-state index is 0.299. The molecule has 1 amide bonds. The number of nitrogens with zero attached hydrogens (tertiary/aromatic N) is 2. The fraction of sp³-hybridized carbons (Fsp3) is 0.0500. The van der Waals surface area contributed by atoms with E-state index in [0.29, 0.717) is 17.9 Å². The summed E-state index contributed by atoms with van der Waals surface area (Å²) in [4.78, 5) is 20.4. The highest BCUT2D eigenvalue weighted by Crippen LogP contribution is 2.29. The summed E-state index contributed by atoms with van der Waals surface area (Å²) in [7, 11) is 0. The number of aromatic nitrogens is 2. The van der Waals surface area contributed by atoms with Gasteiger partial charge in [-0.2, -0.15) is 0 Å². The molecule has 0 aliphatic rings. The first-order chi connectivity index (χ1) is 12.2. The number of benzene rings is 2. The Kier molecular flexibility index (Phi) is 4.72. The normalized spacial score (nSPS) is 10.0. The van der Waals surface area contributed by atoms with Gasteiger partial charge in [-0.25, -0.2) is 9.97 Å². The zero-order valence-electron chi connectivity index (χ0n) is 13.5. The lowest BCUT2D eigenvalue weighted by atomic mass is 10.1. The van der Waals surface area contributed by atoms with Gasteiger partial charge in [0.05, 0.1) is 5.52 Å². The molecule has 0 unspecified atom stereocenters. The van der Waals surface area contributed by atoms with Gasteiger partial charge in [0.15, 0.2) is 0 Å². The van der Waals surface area contributed by atoms with Crippen LogP contribution >= 0.6 is 0 Å². The summed E-state index contributed by atoms with van der Waals surface area (Å²) in [6.07, 6.45) is 8.54. The summed E-state index contributed by atoms with van der Waals surface area (Å²) in [6.45, 7) is 3.48. The first-order valence-corrected chi connectivity index (χ1v) is 7.68. The van der Waals surface area contributed by atoms with Crippen LogP contribution in [0.5, 0.6) is 0 Å². The molecule has 0 saturated heterocycles. The molecular formula is C20H16N4O. The van der Waals surface area contributed by atoms with Gasteiger partial charge in [0.1, 0.15) is 12.1 Å². The van der Waals surface area contributed by atoms with Crippen LogP contribution in [0.25, 0.3) is 10.9 Å². The SMILES string of the molecule is C#CCc1cc2ncnc(Nc3ccccc3)c2cc1NC(=O)C=C. The molecule has 3 aromatic rings. The molecule has 2 aromatic carbocycles. The molecule has 0 fully saturated rings. The van der Waals surface area contributed by atoms with E-state index in [4.69, 9.17) is 6.42 Å². The lowest BCUT2D eigenvalue weighted by Gasteiger charge is -2.13. The van der Waals surface area contributed by atoms with E-state index < -0.39 is 0 Å². The maximum absolute atomic E-state index is 11.7. The third kappa shape index (κ3) is 3.65. The summed E-state index contributed by atoms with van der Waals surface area (Å²) in [5.74, 6) is 2.95. The van der Waals surface area contributed by atoms with Crippen molar-refractivity contribution in [3.05, 3.63) is 67.0 Å². The second-order valence-electron chi connectivity index (χ2n) is 5.31. The predicted molar refractivity (Wildman–Crippen MR) is 101 cm³/mol. The largest absolute Gasteiger partial charge is 0.340 e. The third-order valence-corrected chi connectivity index (χ3v) is 3.63. The Balaban J connectivity index is 2.10. The van der Waals surface area contributed by atoms with Crippen molar-refractivity contribution in [3.8, 4) is 12.3 Å². The lowest BCUT2D eigenvalue weighted by molar-refractivity contribution is -0.111. The van der Waals surface area contributed by atoms with E-state index in [1.807, 2.05) is 42.5 Å². The molecule has 5 heteroatoms. The number of carbonyl (C=O) groups is 1. The molecule has 0 spiro atoms. The topological polar surface area (TPSA) is 66.9 Å². The summed E-state index contributed by atoms with van der Waals surface area (Å²) >= 11 is 0. The molecule has 1 aromatic heterocycles. The maximum Gasteiger partial charge on any atom is 0.247 e. The minimum atomic E-state index is -0.299. The average Bonchev–Trinajstić information content (AvgIpc) is 2.63. The van der Waals surface area contributed by atoms with Gasteiger partial charge in [-0.1, -0.05) is 24.8 Å². The standard InChI is InChI=1S/C20H16N4O/c1-3-8-14-11-18-16(12-17(14)24-19(25)4-2)20(22-13-21-18)23-15-9-6-5-7-10-15/h1,4-7,9-13H,2,8H2,(H,24,25)(H,21,22,23). The highest BCUT2D eigenvalue weighted by atomic mass is 16.1. The molecule has 0 saturated carbocycles. The molecule has 0 aliphatic heterocycles. The summed E-state index contributed by atoms with van der Waals surface area (Å²) < 4.78 is 0. The van der Waals surface area contributed by atoms with Gasteiger partial charge in [0.2, 0.25) is 5.91 Å². The van der Waals surface area contributed by atoms with Gasteiger partial charge >= 0.3 is 0 Å². The first kappa shape index (κ1) is 16.2. The van der Waals surface area contributed by atoms with E-state index in [9.17, 15) is 4.79 Å². The molecule has 2 N–H and O–H groups in total. The van der Waals surface area contributed by atoms with Crippen LogP contribution in [-0.2, 0) is 11.2 Å². The van der Waals surface area contributed by atoms with E-state index in [-0.39, 0.29) is 5.91 Å². The molecule has 122 valence electrons. The number of rotatable bonds is 5. The number of hydrogen-bond donors (Lipinski definition) is 2. The van der Waals surface area contributed by atoms with Crippen molar-refractivity contribution in [3.63, 3.8) is 0 Å². The number of anilines is 3. The molecular weight excluding hydrogens is 312 g/mol. The van der Waals surface area contributed by atoms with E-state index in [1.165, 1.54) is 12.4 Å². The van der Waals surface area contributed by atoms with Crippen LogP contribution in [0.3, 0.4) is 0 Å². The number of terminal acetylenes is 1. The van der Waals surface area contributed by atoms with E-state index in [0.717, 1.165) is 22.2 Å². The van der Waals surface area contributed by atoms with Crippen molar-refractivity contribution >= 4 is 34.0 Å². The Morgan fingerprint density at radius 2 is 2.04 bits per heavy atom. The average molecular weight is 328 g/mol. The smallest absolute Gasteiger partial charge is 0.247 e. The molecule has 1 heterocycles. The Hall–Kier alpha value is -3.65. The second kappa shape index (κ2) is 7.28. The van der Waals surface area contributed by atoms with Gasteiger partial charge < -0.3 is 10.6 Å². The highest BCUT2D eigenvalue weighted by molar-refractivity contribution is 6.02. The van der Waals surface area contributed by atoms with Crippen molar-refractivity contribution in [1.29, 1.82) is 0 Å². The van der Waals surface area contributed by atoms with Crippen LogP contribution in [0.1, 0.15) is 5.56 Å². The van der Waals surface area contributed by atoms with Gasteiger partial charge in [-0.15, -0.1) is 12.3 Å². The zero-order valence-corrected chi connectivity index (χ0v) is 13.5. The van der Waals surface area contributed by atoms with Crippen molar-refractivity contribution < 1.29 is 4.79 Å². The van der Waals surface area contributed by atoms with Crippen LogP contribution in [-0.4, -0.2) is 15.9 Å². The van der Waals surface area contributed by atoms with Crippen molar-refractivity contribution in [2.75, 3.05) is 10.6 Å². The van der Waals surface area contributed by atoms with Crippen LogP contribution in [0.15, 0.2) is 61.4 Å². The monoisotopic (exact) mass is 328 g/mol. The molecule has 0 bridgehead atoms. The van der Waals surface area contributed by atoms with Crippen LogP contribution in [0.4, 0.5) is 17.2 Å². The first-order valence-electron chi connectivity index (χ1n) is 7.68. The summed E-state index contributed by atoms with van der Waals surface area (Å²) in [5, 5.41) is 6.84. The predicted octanol–water partition coefficient (Wildman–Crippen LogP) is 3.67. The lowest BCUT2D eigenvalue weighted by Crippen LogP contribution is -2.10. The quantitative estimate of drug-likeness (QED) is 0.554.